The van der Waals surface area contributed by atoms with Crippen molar-refractivity contribution in [2.75, 3.05) is 6.61 Å². The molecule has 0 spiro atoms. The Bertz CT molecular complexity index is 917. The number of ether oxygens (including phenoxy) is 1. The van der Waals surface area contributed by atoms with E-state index < -0.39 is 24.5 Å². The maximum absolute atomic E-state index is 10.2. The molecule has 9 heteroatoms. The lowest BCUT2D eigenvalue weighted by atomic mass is 10.1. The summed E-state index contributed by atoms with van der Waals surface area (Å²) in [6.07, 6.45) is -1.16. The molecule has 1 saturated heterocycles. The molecule has 4 rings (SSSR count). The van der Waals surface area contributed by atoms with Crippen molar-refractivity contribution in [3.63, 3.8) is 0 Å². The smallest absolute Gasteiger partial charge is 0.166 e. The summed E-state index contributed by atoms with van der Waals surface area (Å²) >= 11 is 1.47. The normalized spacial score (nSPS) is 25.8. The molecule has 0 amide bonds. The average Bonchev–Trinajstić information content (AvgIpc) is 3.19. The predicted octanol–water partition coefficient (Wildman–Crippen LogP) is 0.897. The highest BCUT2D eigenvalue weighted by Crippen LogP contribution is 2.34. The van der Waals surface area contributed by atoms with Gasteiger partial charge in [-0.05, 0) is 19.1 Å². The largest absolute Gasteiger partial charge is 0.394 e. The van der Waals surface area contributed by atoms with Gasteiger partial charge in [0.2, 0.25) is 0 Å². The molecule has 1 aromatic carbocycles. The van der Waals surface area contributed by atoms with Crippen LogP contribution in [0, 0.1) is 6.92 Å². The molecule has 136 valence electrons. The Balaban J connectivity index is 1.68. The third-order valence-corrected chi connectivity index (χ3v) is 5.35. The van der Waals surface area contributed by atoms with Crippen LogP contribution in [0.15, 0.2) is 46.8 Å². The molecule has 1 fully saturated rings. The predicted molar refractivity (Wildman–Crippen MR) is 93.6 cm³/mol. The Morgan fingerprint density at radius 3 is 2.58 bits per heavy atom. The fraction of sp³-hybridized carbons (Fsp3) is 0.353. The summed E-state index contributed by atoms with van der Waals surface area (Å²) in [4.78, 5) is 14.0. The van der Waals surface area contributed by atoms with Gasteiger partial charge in [-0.2, -0.15) is 0 Å². The highest BCUT2D eigenvalue weighted by molar-refractivity contribution is 7.99. The van der Waals surface area contributed by atoms with Crippen LogP contribution in [-0.4, -0.2) is 59.8 Å². The van der Waals surface area contributed by atoms with Gasteiger partial charge >= 0.3 is 0 Å². The zero-order chi connectivity index (χ0) is 18.3. The average molecular weight is 374 g/mol. The van der Waals surface area contributed by atoms with Crippen LogP contribution < -0.4 is 0 Å². The van der Waals surface area contributed by atoms with Gasteiger partial charge in [-0.3, -0.25) is 4.57 Å². The summed E-state index contributed by atoms with van der Waals surface area (Å²) in [5.74, 6) is 0. The number of imidazole rings is 1. The second-order valence-corrected chi connectivity index (χ2v) is 7.21. The van der Waals surface area contributed by atoms with Gasteiger partial charge < -0.3 is 20.1 Å². The van der Waals surface area contributed by atoms with E-state index in [1.54, 1.807) is 4.57 Å². The number of rotatable bonds is 4. The molecule has 0 radical (unpaired) electrons. The molecule has 0 unspecified atom stereocenters. The Labute approximate surface area is 153 Å². The van der Waals surface area contributed by atoms with E-state index in [4.69, 9.17) is 4.74 Å². The maximum Gasteiger partial charge on any atom is 0.166 e. The van der Waals surface area contributed by atoms with Crippen LogP contribution in [0.2, 0.25) is 0 Å². The molecule has 26 heavy (non-hydrogen) atoms. The lowest BCUT2D eigenvalue weighted by molar-refractivity contribution is -0.0511. The Morgan fingerprint density at radius 2 is 1.88 bits per heavy atom. The molecule has 1 aliphatic rings. The first kappa shape index (κ1) is 17.4. The minimum Gasteiger partial charge on any atom is -0.394 e. The lowest BCUT2D eigenvalue weighted by Gasteiger charge is -2.16. The molecule has 3 heterocycles. The van der Waals surface area contributed by atoms with E-state index in [0.29, 0.717) is 16.2 Å². The summed E-state index contributed by atoms with van der Waals surface area (Å²) in [7, 11) is 0. The molecular weight excluding hydrogens is 356 g/mol. The van der Waals surface area contributed by atoms with Crippen LogP contribution in [0.1, 0.15) is 11.8 Å². The molecule has 0 bridgehead atoms. The quantitative estimate of drug-likeness (QED) is 0.577. The van der Waals surface area contributed by atoms with Crippen molar-refractivity contribution in [1.29, 1.82) is 0 Å². The van der Waals surface area contributed by atoms with Crippen molar-refractivity contribution in [2.24, 2.45) is 0 Å². The third-order valence-electron chi connectivity index (χ3n) is 4.35. The number of aromatic nitrogens is 4. The molecule has 4 atom stereocenters. The first-order valence-corrected chi connectivity index (χ1v) is 8.94. The fourth-order valence-corrected chi connectivity index (χ4v) is 3.76. The summed E-state index contributed by atoms with van der Waals surface area (Å²) in [5.41, 5.74) is 2.25. The summed E-state index contributed by atoms with van der Waals surface area (Å²) in [5, 5.41) is 30.1. The van der Waals surface area contributed by atoms with Crippen molar-refractivity contribution < 1.29 is 20.1 Å². The number of aliphatic hydroxyl groups excluding tert-OH is 3. The van der Waals surface area contributed by atoms with Gasteiger partial charge in [0.1, 0.15) is 35.2 Å². The number of aliphatic hydroxyl groups is 3. The van der Waals surface area contributed by atoms with E-state index in [9.17, 15) is 15.3 Å². The highest BCUT2D eigenvalue weighted by atomic mass is 32.2. The van der Waals surface area contributed by atoms with Crippen molar-refractivity contribution >= 4 is 22.9 Å². The molecule has 2 aromatic heterocycles. The van der Waals surface area contributed by atoms with E-state index >= 15 is 0 Å². The number of fused-ring (bicyclic) bond motifs is 1. The second kappa shape index (κ2) is 6.93. The second-order valence-electron chi connectivity index (χ2n) is 6.15. The van der Waals surface area contributed by atoms with Crippen LogP contribution in [0.3, 0.4) is 0 Å². The van der Waals surface area contributed by atoms with Gasteiger partial charge in [-0.15, -0.1) is 0 Å². The van der Waals surface area contributed by atoms with Gasteiger partial charge in [0.15, 0.2) is 11.9 Å². The van der Waals surface area contributed by atoms with Crippen molar-refractivity contribution in [2.45, 2.75) is 41.4 Å². The van der Waals surface area contributed by atoms with Gasteiger partial charge in [-0.25, -0.2) is 15.0 Å². The SMILES string of the molecule is Cc1ccc(Sc2ncnc3c2ncn3[C@H]2O[C@@H](CO)[C@@H](O)[C@H]2O)cc1. The molecule has 1 aliphatic heterocycles. The maximum atomic E-state index is 10.2. The fourth-order valence-electron chi connectivity index (χ4n) is 2.92. The van der Waals surface area contributed by atoms with Gasteiger partial charge in [0.05, 0.1) is 12.9 Å². The van der Waals surface area contributed by atoms with Crippen molar-refractivity contribution in [1.82, 2.24) is 19.5 Å². The summed E-state index contributed by atoms with van der Waals surface area (Å²) < 4.78 is 7.12. The Morgan fingerprint density at radius 1 is 1.12 bits per heavy atom. The third kappa shape index (κ3) is 2.97. The van der Waals surface area contributed by atoms with Gasteiger partial charge in [0, 0.05) is 4.90 Å². The van der Waals surface area contributed by atoms with E-state index in [2.05, 4.69) is 15.0 Å². The first-order valence-electron chi connectivity index (χ1n) is 8.13. The number of hydrogen-bond acceptors (Lipinski definition) is 8. The van der Waals surface area contributed by atoms with Crippen LogP contribution in [0.4, 0.5) is 0 Å². The van der Waals surface area contributed by atoms with E-state index in [1.165, 1.54) is 30.0 Å². The minimum atomic E-state index is -1.19. The zero-order valence-electron chi connectivity index (χ0n) is 13.9. The minimum absolute atomic E-state index is 0.384. The monoisotopic (exact) mass is 374 g/mol. The standard InChI is InChI=1S/C17H18N4O4S/c1-9-2-4-10(5-3-9)26-16-12-15(18-7-19-16)21(8-20-12)17-14(24)13(23)11(6-22)25-17/h2-5,7-8,11,13-14,17,22-24H,6H2,1H3/t11-,13+,14+,17-/m0/s1. The first-order chi connectivity index (χ1) is 12.6. The van der Waals surface area contributed by atoms with E-state index in [0.717, 1.165) is 4.90 Å². The molecule has 3 aromatic rings. The van der Waals surface area contributed by atoms with Gasteiger partial charge in [0.25, 0.3) is 0 Å². The molecule has 0 saturated carbocycles. The number of hydrogen-bond donors (Lipinski definition) is 3. The van der Waals surface area contributed by atoms with Crippen LogP contribution in [0.5, 0.6) is 0 Å². The number of aryl methyl sites for hydroxylation is 1. The number of nitrogens with zero attached hydrogens (tertiary/aromatic N) is 4. The molecule has 8 nitrogen and oxygen atoms in total. The summed E-state index contributed by atoms with van der Waals surface area (Å²) in [6, 6.07) is 8.07. The van der Waals surface area contributed by atoms with Gasteiger partial charge in [-0.1, -0.05) is 29.5 Å². The molecule has 3 N–H and O–H groups in total. The number of benzene rings is 1. The van der Waals surface area contributed by atoms with Crippen molar-refractivity contribution in [3.8, 4) is 0 Å². The Kier molecular flexibility index (Phi) is 4.63. The zero-order valence-corrected chi connectivity index (χ0v) is 14.7. The van der Waals surface area contributed by atoms with Crippen LogP contribution >= 0.6 is 11.8 Å². The van der Waals surface area contributed by atoms with E-state index in [-0.39, 0.29) is 6.61 Å². The molecular formula is C17H18N4O4S. The highest BCUT2D eigenvalue weighted by Gasteiger charge is 2.44. The Hall–Kier alpha value is -2.04. The van der Waals surface area contributed by atoms with Crippen molar-refractivity contribution in [3.05, 3.63) is 42.5 Å². The van der Waals surface area contributed by atoms with E-state index in [1.807, 2.05) is 31.2 Å². The van der Waals surface area contributed by atoms with Crippen LogP contribution in [-0.2, 0) is 4.74 Å². The topological polar surface area (TPSA) is 114 Å². The van der Waals surface area contributed by atoms with Crippen LogP contribution in [0.25, 0.3) is 11.2 Å². The summed E-state index contributed by atoms with van der Waals surface area (Å²) in [6.45, 7) is 1.64. The lowest BCUT2D eigenvalue weighted by Crippen LogP contribution is -2.33. The molecule has 0 aliphatic carbocycles.